The molecule has 1 unspecified atom stereocenters. The molecule has 0 aliphatic rings. The molecule has 1 aromatic heterocycles. The summed E-state index contributed by atoms with van der Waals surface area (Å²) in [5, 5.41) is 10.5. The summed E-state index contributed by atoms with van der Waals surface area (Å²) in [6.07, 6.45) is 0.896. The van der Waals surface area contributed by atoms with Gasteiger partial charge in [0.2, 0.25) is 0 Å². The first-order valence-electron chi connectivity index (χ1n) is 9.07. The zero-order chi connectivity index (χ0) is 19.8. The molecule has 3 aromatic rings. The molecule has 3 rings (SSSR count). The molecule has 0 radical (unpaired) electrons. The normalized spacial score (nSPS) is 12.1. The molecular formula is C22H24FNO4. The fourth-order valence-corrected chi connectivity index (χ4v) is 2.93. The molecule has 6 heteroatoms. The highest BCUT2D eigenvalue weighted by Gasteiger charge is 2.16. The van der Waals surface area contributed by atoms with Crippen molar-refractivity contribution in [1.82, 2.24) is 4.90 Å². The van der Waals surface area contributed by atoms with Crippen LogP contribution >= 0.6 is 0 Å². The van der Waals surface area contributed by atoms with Gasteiger partial charge >= 0.3 is 0 Å². The Morgan fingerprint density at radius 3 is 2.43 bits per heavy atom. The lowest BCUT2D eigenvalue weighted by molar-refractivity contribution is 0.0596. The molecule has 1 atom stereocenters. The molecule has 0 bridgehead atoms. The van der Waals surface area contributed by atoms with E-state index in [1.807, 2.05) is 29.2 Å². The lowest BCUT2D eigenvalue weighted by Gasteiger charge is -2.24. The monoisotopic (exact) mass is 385 g/mol. The fourth-order valence-electron chi connectivity index (χ4n) is 2.93. The maximum absolute atomic E-state index is 13.2. The van der Waals surface area contributed by atoms with Crippen molar-refractivity contribution in [3.63, 3.8) is 0 Å². The second kappa shape index (κ2) is 9.92. The Bertz CT molecular complexity index is 836. The van der Waals surface area contributed by atoms with Gasteiger partial charge in [-0.2, -0.15) is 0 Å². The number of methoxy groups -OCH3 is 1. The van der Waals surface area contributed by atoms with Crippen LogP contribution in [0.25, 0.3) is 0 Å². The van der Waals surface area contributed by atoms with Crippen LogP contribution in [0, 0.1) is 5.82 Å². The van der Waals surface area contributed by atoms with E-state index in [4.69, 9.17) is 13.9 Å². The Hall–Kier alpha value is -2.83. The topological polar surface area (TPSA) is 55.1 Å². The predicted octanol–water partition coefficient (Wildman–Crippen LogP) is 3.87. The number of para-hydroxylation sites is 2. The van der Waals surface area contributed by atoms with E-state index in [-0.39, 0.29) is 12.4 Å². The number of hydrogen-bond acceptors (Lipinski definition) is 5. The van der Waals surface area contributed by atoms with E-state index >= 15 is 0 Å². The Morgan fingerprint density at radius 2 is 1.75 bits per heavy atom. The molecule has 5 nitrogen and oxygen atoms in total. The van der Waals surface area contributed by atoms with Crippen molar-refractivity contribution in [2.75, 3.05) is 20.3 Å². The van der Waals surface area contributed by atoms with Gasteiger partial charge in [0.05, 0.1) is 19.9 Å². The summed E-state index contributed by atoms with van der Waals surface area (Å²) in [6, 6.07) is 17.4. The van der Waals surface area contributed by atoms with E-state index in [0.29, 0.717) is 31.1 Å². The number of hydrogen-bond donors (Lipinski definition) is 1. The fraction of sp³-hybridized carbons (Fsp3) is 0.273. The van der Waals surface area contributed by atoms with Gasteiger partial charge in [0, 0.05) is 13.1 Å². The van der Waals surface area contributed by atoms with Gasteiger partial charge in [-0.3, -0.25) is 4.90 Å². The third-order valence-corrected chi connectivity index (χ3v) is 4.25. The van der Waals surface area contributed by atoms with Crippen molar-refractivity contribution in [3.8, 4) is 11.5 Å². The molecule has 0 fully saturated rings. The number of ether oxygens (including phenoxy) is 2. The molecule has 2 aromatic carbocycles. The van der Waals surface area contributed by atoms with Gasteiger partial charge in [-0.15, -0.1) is 0 Å². The molecule has 148 valence electrons. The number of nitrogens with zero attached hydrogens (tertiary/aromatic N) is 1. The Labute approximate surface area is 163 Å². The summed E-state index contributed by atoms with van der Waals surface area (Å²) in [4.78, 5) is 2.03. The van der Waals surface area contributed by atoms with Gasteiger partial charge in [-0.1, -0.05) is 24.3 Å². The lowest BCUT2D eigenvalue weighted by Crippen LogP contribution is -2.35. The molecule has 0 aliphatic carbocycles. The minimum atomic E-state index is -0.722. The first kappa shape index (κ1) is 19.9. The van der Waals surface area contributed by atoms with Crippen LogP contribution in [0.2, 0.25) is 0 Å². The van der Waals surface area contributed by atoms with Crippen LogP contribution in [0.1, 0.15) is 11.3 Å². The van der Waals surface area contributed by atoms with Crippen LogP contribution in [0.3, 0.4) is 0 Å². The van der Waals surface area contributed by atoms with Crippen molar-refractivity contribution in [2.45, 2.75) is 19.2 Å². The average Bonchev–Trinajstić information content (AvgIpc) is 3.21. The molecular weight excluding hydrogens is 361 g/mol. The Balaban J connectivity index is 1.61. The molecule has 1 N–H and O–H groups in total. The minimum absolute atomic E-state index is 0.123. The van der Waals surface area contributed by atoms with Crippen LogP contribution in [-0.2, 0) is 13.1 Å². The molecule has 28 heavy (non-hydrogen) atoms. The van der Waals surface area contributed by atoms with Crippen LogP contribution in [-0.4, -0.2) is 36.4 Å². The van der Waals surface area contributed by atoms with Crippen molar-refractivity contribution < 1.29 is 23.4 Å². The number of rotatable bonds is 10. The van der Waals surface area contributed by atoms with Gasteiger partial charge in [-0.05, 0) is 42.0 Å². The molecule has 0 saturated heterocycles. The number of aliphatic hydroxyl groups is 1. The second-order valence-electron chi connectivity index (χ2n) is 6.49. The number of halogens is 1. The predicted molar refractivity (Wildman–Crippen MR) is 104 cm³/mol. The smallest absolute Gasteiger partial charge is 0.161 e. The molecule has 0 saturated carbocycles. The van der Waals surface area contributed by atoms with E-state index in [2.05, 4.69) is 0 Å². The molecule has 0 spiro atoms. The van der Waals surface area contributed by atoms with E-state index in [1.165, 1.54) is 12.1 Å². The van der Waals surface area contributed by atoms with Crippen molar-refractivity contribution in [1.29, 1.82) is 0 Å². The van der Waals surface area contributed by atoms with Crippen LogP contribution in [0.5, 0.6) is 11.5 Å². The largest absolute Gasteiger partial charge is 0.493 e. The summed E-state index contributed by atoms with van der Waals surface area (Å²) < 4.78 is 29.6. The van der Waals surface area contributed by atoms with E-state index in [0.717, 1.165) is 11.3 Å². The zero-order valence-corrected chi connectivity index (χ0v) is 15.8. The highest BCUT2D eigenvalue weighted by molar-refractivity contribution is 5.39. The summed E-state index contributed by atoms with van der Waals surface area (Å²) >= 11 is 0. The first-order valence-corrected chi connectivity index (χ1v) is 9.07. The molecule has 1 heterocycles. The van der Waals surface area contributed by atoms with Gasteiger partial charge in [0.15, 0.2) is 11.5 Å². The van der Waals surface area contributed by atoms with Crippen LogP contribution in [0.15, 0.2) is 71.3 Å². The summed E-state index contributed by atoms with van der Waals surface area (Å²) in [7, 11) is 1.58. The summed E-state index contributed by atoms with van der Waals surface area (Å²) in [5.41, 5.74) is 0.950. The van der Waals surface area contributed by atoms with Gasteiger partial charge in [-0.25, -0.2) is 4.39 Å². The lowest BCUT2D eigenvalue weighted by atomic mass is 10.2. The van der Waals surface area contributed by atoms with Crippen molar-refractivity contribution >= 4 is 0 Å². The highest BCUT2D eigenvalue weighted by Crippen LogP contribution is 2.25. The van der Waals surface area contributed by atoms with E-state index < -0.39 is 6.10 Å². The SMILES string of the molecule is COc1ccccc1OCC(O)CN(Cc1ccc(F)cc1)Cc1ccco1. The van der Waals surface area contributed by atoms with Crippen LogP contribution in [0.4, 0.5) is 4.39 Å². The Morgan fingerprint density at radius 1 is 1.00 bits per heavy atom. The van der Waals surface area contributed by atoms with Gasteiger partial charge < -0.3 is 19.0 Å². The number of furan rings is 1. The summed E-state index contributed by atoms with van der Waals surface area (Å²) in [6.45, 7) is 1.56. The third-order valence-electron chi connectivity index (χ3n) is 4.25. The minimum Gasteiger partial charge on any atom is -0.493 e. The second-order valence-corrected chi connectivity index (χ2v) is 6.49. The summed E-state index contributed by atoms with van der Waals surface area (Å²) in [5.74, 6) is 1.72. The molecule has 0 aliphatic heterocycles. The maximum Gasteiger partial charge on any atom is 0.161 e. The van der Waals surface area contributed by atoms with E-state index in [1.54, 1.807) is 37.6 Å². The van der Waals surface area contributed by atoms with Crippen LogP contribution < -0.4 is 9.47 Å². The van der Waals surface area contributed by atoms with Gasteiger partial charge in [0.25, 0.3) is 0 Å². The molecule has 0 amide bonds. The number of aliphatic hydroxyl groups excluding tert-OH is 1. The van der Waals surface area contributed by atoms with E-state index in [9.17, 15) is 9.50 Å². The zero-order valence-electron chi connectivity index (χ0n) is 15.8. The quantitative estimate of drug-likeness (QED) is 0.574. The van der Waals surface area contributed by atoms with Gasteiger partial charge in [0.1, 0.15) is 24.3 Å². The maximum atomic E-state index is 13.2. The standard InChI is InChI=1S/C22H24FNO4/c1-26-21-6-2-3-7-22(21)28-16-19(25)14-24(15-20-5-4-12-27-20)13-17-8-10-18(23)11-9-17/h2-12,19,25H,13-16H2,1H3. The third kappa shape index (κ3) is 5.84. The first-order chi connectivity index (χ1) is 13.6. The average molecular weight is 385 g/mol. The van der Waals surface area contributed by atoms with Crippen molar-refractivity contribution in [3.05, 3.63) is 84.1 Å². The number of benzene rings is 2. The van der Waals surface area contributed by atoms with Crippen molar-refractivity contribution in [2.24, 2.45) is 0 Å². The Kier molecular flexibility index (Phi) is 7.06. The highest BCUT2D eigenvalue weighted by atomic mass is 19.1.